The molecule has 2 heterocycles. The molecule has 0 unspecified atom stereocenters. The van der Waals surface area contributed by atoms with Crippen LogP contribution in [0.1, 0.15) is 10.4 Å². The first-order valence-electron chi connectivity index (χ1n) is 8.10. The number of methoxy groups -OCH3 is 1. The number of thiazole rings is 1. The van der Waals surface area contributed by atoms with Crippen molar-refractivity contribution in [1.82, 2.24) is 9.97 Å². The molecule has 5 nitrogen and oxygen atoms in total. The number of ether oxygens (including phenoxy) is 1. The van der Waals surface area contributed by atoms with E-state index in [0.717, 1.165) is 27.2 Å². The molecule has 0 spiro atoms. The zero-order valence-corrected chi connectivity index (χ0v) is 15.8. The standard InChI is InChI=1S/C20H14ClN3O2S/c1-26-20(25)13-4-2-3-5-17(13)24-18-14-10-12(21)6-7-16(14)23-11-15(18)19-22-8-9-27-19/h2-11H,1H3,(H,23,24). The van der Waals surface area contributed by atoms with Gasteiger partial charge in [0.2, 0.25) is 0 Å². The van der Waals surface area contributed by atoms with E-state index in [4.69, 9.17) is 16.3 Å². The zero-order chi connectivity index (χ0) is 18.8. The van der Waals surface area contributed by atoms with Gasteiger partial charge in [-0.1, -0.05) is 23.7 Å². The van der Waals surface area contributed by atoms with Crippen LogP contribution in [-0.4, -0.2) is 23.0 Å². The highest BCUT2D eigenvalue weighted by Crippen LogP contribution is 2.38. The van der Waals surface area contributed by atoms with E-state index in [1.165, 1.54) is 18.4 Å². The van der Waals surface area contributed by atoms with Crippen molar-refractivity contribution in [2.75, 3.05) is 12.4 Å². The number of esters is 1. The molecule has 0 saturated carbocycles. The number of para-hydroxylation sites is 1. The van der Waals surface area contributed by atoms with Crippen LogP contribution in [-0.2, 0) is 4.74 Å². The molecular formula is C20H14ClN3O2S. The van der Waals surface area contributed by atoms with Gasteiger partial charge in [0.15, 0.2) is 0 Å². The number of fused-ring (bicyclic) bond motifs is 1. The van der Waals surface area contributed by atoms with Gasteiger partial charge in [0.05, 0.1) is 35.1 Å². The van der Waals surface area contributed by atoms with Crippen LogP contribution < -0.4 is 5.32 Å². The monoisotopic (exact) mass is 395 g/mol. The van der Waals surface area contributed by atoms with E-state index in [1.54, 1.807) is 30.6 Å². The summed E-state index contributed by atoms with van der Waals surface area (Å²) in [6.45, 7) is 0. The Labute approximate surface area is 164 Å². The van der Waals surface area contributed by atoms with Crippen LogP contribution in [0.3, 0.4) is 0 Å². The van der Waals surface area contributed by atoms with Gasteiger partial charge in [-0.25, -0.2) is 9.78 Å². The second kappa shape index (κ2) is 7.34. The molecule has 27 heavy (non-hydrogen) atoms. The van der Waals surface area contributed by atoms with Crippen LogP contribution in [0.25, 0.3) is 21.5 Å². The molecule has 2 aromatic heterocycles. The minimum Gasteiger partial charge on any atom is -0.465 e. The lowest BCUT2D eigenvalue weighted by Gasteiger charge is -2.16. The number of carbonyl (C=O) groups excluding carboxylic acids is 1. The van der Waals surface area contributed by atoms with Crippen molar-refractivity contribution in [3.8, 4) is 10.6 Å². The number of hydrogen-bond donors (Lipinski definition) is 1. The normalized spacial score (nSPS) is 10.7. The van der Waals surface area contributed by atoms with E-state index in [-0.39, 0.29) is 0 Å². The number of anilines is 2. The third-order valence-corrected chi connectivity index (χ3v) is 5.13. The summed E-state index contributed by atoms with van der Waals surface area (Å²) in [7, 11) is 1.36. The molecule has 0 bridgehead atoms. The Hall–Kier alpha value is -2.96. The Kier molecular flexibility index (Phi) is 4.75. The highest BCUT2D eigenvalue weighted by molar-refractivity contribution is 7.13. The van der Waals surface area contributed by atoms with Crippen molar-refractivity contribution in [3.63, 3.8) is 0 Å². The average molecular weight is 396 g/mol. The predicted molar refractivity (Wildman–Crippen MR) is 109 cm³/mol. The molecule has 4 rings (SSSR count). The molecular weight excluding hydrogens is 382 g/mol. The first kappa shape index (κ1) is 17.5. The van der Waals surface area contributed by atoms with Gasteiger partial charge in [-0.3, -0.25) is 4.98 Å². The van der Waals surface area contributed by atoms with E-state index in [1.807, 2.05) is 29.6 Å². The minimum absolute atomic E-state index is 0.412. The fraction of sp³-hybridized carbons (Fsp3) is 0.0500. The van der Waals surface area contributed by atoms with Gasteiger partial charge >= 0.3 is 5.97 Å². The van der Waals surface area contributed by atoms with Gasteiger partial charge in [-0.15, -0.1) is 11.3 Å². The van der Waals surface area contributed by atoms with Gasteiger partial charge < -0.3 is 10.1 Å². The van der Waals surface area contributed by atoms with Crippen molar-refractivity contribution >= 4 is 51.2 Å². The number of halogens is 1. The summed E-state index contributed by atoms with van der Waals surface area (Å²) in [4.78, 5) is 21.1. The summed E-state index contributed by atoms with van der Waals surface area (Å²) in [6.07, 6.45) is 3.52. The summed E-state index contributed by atoms with van der Waals surface area (Å²) < 4.78 is 4.90. The second-order valence-corrected chi connectivity index (χ2v) is 7.04. The van der Waals surface area contributed by atoms with Crippen molar-refractivity contribution in [2.45, 2.75) is 0 Å². The van der Waals surface area contributed by atoms with Crippen LogP contribution in [0.4, 0.5) is 11.4 Å². The summed E-state index contributed by atoms with van der Waals surface area (Å²) >= 11 is 7.75. The summed E-state index contributed by atoms with van der Waals surface area (Å²) in [5.74, 6) is -0.412. The Morgan fingerprint density at radius 2 is 2.04 bits per heavy atom. The first-order valence-corrected chi connectivity index (χ1v) is 9.35. The van der Waals surface area contributed by atoms with E-state index < -0.39 is 5.97 Å². The lowest BCUT2D eigenvalue weighted by Crippen LogP contribution is -2.06. The van der Waals surface area contributed by atoms with E-state index >= 15 is 0 Å². The predicted octanol–water partition coefficient (Wildman–Crippen LogP) is 5.54. The van der Waals surface area contributed by atoms with Gasteiger partial charge in [0.25, 0.3) is 0 Å². The fourth-order valence-electron chi connectivity index (χ4n) is 2.83. The number of aromatic nitrogens is 2. The van der Waals surface area contributed by atoms with Gasteiger partial charge in [-0.05, 0) is 30.3 Å². The second-order valence-electron chi connectivity index (χ2n) is 5.71. The van der Waals surface area contributed by atoms with Crippen molar-refractivity contribution < 1.29 is 9.53 Å². The molecule has 0 atom stereocenters. The molecule has 0 radical (unpaired) electrons. The lowest BCUT2D eigenvalue weighted by atomic mass is 10.1. The number of nitrogens with zero attached hydrogens (tertiary/aromatic N) is 2. The largest absolute Gasteiger partial charge is 0.465 e. The maximum Gasteiger partial charge on any atom is 0.339 e. The number of pyridine rings is 1. The van der Waals surface area contributed by atoms with Gasteiger partial charge in [0, 0.05) is 28.2 Å². The maximum absolute atomic E-state index is 12.1. The van der Waals surface area contributed by atoms with Crippen molar-refractivity contribution in [2.24, 2.45) is 0 Å². The number of hydrogen-bond acceptors (Lipinski definition) is 6. The Morgan fingerprint density at radius 3 is 2.81 bits per heavy atom. The summed E-state index contributed by atoms with van der Waals surface area (Å²) in [5.41, 5.74) is 3.48. The fourth-order valence-corrected chi connectivity index (χ4v) is 3.66. The lowest BCUT2D eigenvalue weighted by molar-refractivity contribution is 0.0602. The third kappa shape index (κ3) is 3.37. The Balaban J connectivity index is 1.94. The highest BCUT2D eigenvalue weighted by Gasteiger charge is 2.17. The molecule has 0 aliphatic carbocycles. The van der Waals surface area contributed by atoms with E-state index in [9.17, 15) is 4.79 Å². The van der Waals surface area contributed by atoms with Crippen LogP contribution in [0.5, 0.6) is 0 Å². The van der Waals surface area contributed by atoms with Crippen LogP contribution >= 0.6 is 22.9 Å². The summed E-state index contributed by atoms with van der Waals surface area (Å²) in [6, 6.07) is 12.7. The SMILES string of the molecule is COC(=O)c1ccccc1Nc1c(-c2nccs2)cnc2ccc(Cl)cc12. The summed E-state index contributed by atoms with van der Waals surface area (Å²) in [5, 5.41) is 7.55. The molecule has 2 aromatic carbocycles. The molecule has 0 aliphatic rings. The van der Waals surface area contributed by atoms with E-state index in [2.05, 4.69) is 15.3 Å². The maximum atomic E-state index is 12.1. The molecule has 134 valence electrons. The average Bonchev–Trinajstić information content (AvgIpc) is 3.22. The number of carbonyl (C=O) groups is 1. The first-order chi connectivity index (χ1) is 13.2. The molecule has 0 aliphatic heterocycles. The van der Waals surface area contributed by atoms with E-state index in [0.29, 0.717) is 16.3 Å². The molecule has 7 heteroatoms. The number of benzene rings is 2. The number of nitrogens with one attached hydrogen (secondary N) is 1. The molecule has 1 N–H and O–H groups in total. The molecule has 0 saturated heterocycles. The highest BCUT2D eigenvalue weighted by atomic mass is 35.5. The quantitative estimate of drug-likeness (QED) is 0.459. The minimum atomic E-state index is -0.412. The van der Waals surface area contributed by atoms with Gasteiger partial charge in [-0.2, -0.15) is 0 Å². The van der Waals surface area contributed by atoms with Crippen molar-refractivity contribution in [3.05, 3.63) is 70.8 Å². The molecule has 0 fully saturated rings. The topological polar surface area (TPSA) is 64.1 Å². The number of rotatable bonds is 4. The molecule has 4 aromatic rings. The third-order valence-electron chi connectivity index (χ3n) is 4.08. The van der Waals surface area contributed by atoms with Crippen LogP contribution in [0, 0.1) is 0 Å². The Morgan fingerprint density at radius 1 is 1.19 bits per heavy atom. The smallest absolute Gasteiger partial charge is 0.339 e. The Bertz CT molecular complexity index is 1130. The van der Waals surface area contributed by atoms with Crippen LogP contribution in [0.2, 0.25) is 5.02 Å². The van der Waals surface area contributed by atoms with Gasteiger partial charge in [0.1, 0.15) is 5.01 Å². The van der Waals surface area contributed by atoms with Crippen LogP contribution in [0.15, 0.2) is 60.2 Å². The zero-order valence-electron chi connectivity index (χ0n) is 14.3. The van der Waals surface area contributed by atoms with Crippen molar-refractivity contribution in [1.29, 1.82) is 0 Å². The molecule has 0 amide bonds.